The van der Waals surface area contributed by atoms with Gasteiger partial charge < -0.3 is 14.7 Å². The zero-order chi connectivity index (χ0) is 9.12. The van der Waals surface area contributed by atoms with Gasteiger partial charge in [0.1, 0.15) is 6.07 Å². The summed E-state index contributed by atoms with van der Waals surface area (Å²) in [6.07, 6.45) is 0. The molecule has 0 aliphatic rings. The van der Waals surface area contributed by atoms with Crippen molar-refractivity contribution in [2.75, 3.05) is 6.07 Å². The van der Waals surface area contributed by atoms with Gasteiger partial charge in [-0.1, -0.05) is 11.6 Å². The minimum absolute atomic E-state index is 0. The molecule has 1 unspecified atom stereocenters. The molecule has 0 rings (SSSR count). The predicted molar refractivity (Wildman–Crippen MR) is 49.1 cm³/mol. The van der Waals surface area contributed by atoms with E-state index in [2.05, 4.69) is 8.83 Å². The number of hydrogen-bond donors (Lipinski definition) is 3. The molecule has 0 aromatic heterocycles. The van der Waals surface area contributed by atoms with E-state index in [-0.39, 0.29) is 59.1 Å². The molecule has 0 aromatic rings. The molecule has 0 aromatic carbocycles. The van der Waals surface area contributed by atoms with E-state index in [4.69, 9.17) is 26.3 Å². The van der Waals surface area contributed by atoms with E-state index in [9.17, 15) is 9.13 Å². The number of halogens is 1. The van der Waals surface area contributed by atoms with Crippen molar-refractivity contribution in [3.8, 4) is 0 Å². The average Bonchev–Trinajstić information content (AvgIpc) is 1.55. The van der Waals surface area contributed by atoms with Gasteiger partial charge in [-0.2, -0.15) is 4.31 Å². The standard InChI is InChI=1S/CH5ClO7P2.2Na.2H/c2-1-8-11(6,7)9-10(3,4)5;;;;/h1H2,(H,6,7)(H2,3,4,5);;;;. The Morgan fingerprint density at radius 3 is 1.77 bits per heavy atom. The molecule has 12 heteroatoms. The van der Waals surface area contributed by atoms with Crippen molar-refractivity contribution in [3.05, 3.63) is 0 Å². The van der Waals surface area contributed by atoms with Crippen molar-refractivity contribution in [3.63, 3.8) is 0 Å². The third-order valence-corrected chi connectivity index (χ3v) is 2.81. The third-order valence-electron chi connectivity index (χ3n) is 0.421. The van der Waals surface area contributed by atoms with E-state index in [1.165, 1.54) is 0 Å². The van der Waals surface area contributed by atoms with Crippen LogP contribution in [0, 0.1) is 0 Å². The Hall–Kier alpha value is 2.55. The summed E-state index contributed by atoms with van der Waals surface area (Å²) in [7, 11) is -9.72. The van der Waals surface area contributed by atoms with Crippen LogP contribution in [0.3, 0.4) is 0 Å². The summed E-state index contributed by atoms with van der Waals surface area (Å²) >= 11 is 4.83. The fourth-order valence-corrected chi connectivity index (χ4v) is 1.98. The van der Waals surface area contributed by atoms with E-state index in [0.717, 1.165) is 0 Å². The summed E-state index contributed by atoms with van der Waals surface area (Å²) in [5.74, 6) is 0. The number of alkyl halides is 1. The van der Waals surface area contributed by atoms with Crippen LogP contribution in [0.5, 0.6) is 0 Å². The van der Waals surface area contributed by atoms with Crippen LogP contribution in [0.25, 0.3) is 0 Å². The van der Waals surface area contributed by atoms with E-state index in [1.807, 2.05) is 0 Å². The number of rotatable bonds is 4. The van der Waals surface area contributed by atoms with Crippen molar-refractivity contribution in [2.45, 2.75) is 0 Å². The van der Waals surface area contributed by atoms with Crippen LogP contribution >= 0.6 is 27.2 Å². The first-order valence-corrected chi connectivity index (χ1v) is 5.63. The molecule has 72 valence electrons. The number of phosphoric ester groups is 1. The van der Waals surface area contributed by atoms with Gasteiger partial charge in [0.2, 0.25) is 0 Å². The fraction of sp³-hybridized carbons (Fsp3) is 1.00. The Kier molecular flexibility index (Phi) is 13.9. The Morgan fingerprint density at radius 1 is 1.15 bits per heavy atom. The van der Waals surface area contributed by atoms with Crippen molar-refractivity contribution < 1.29 is 32.6 Å². The molecule has 3 N–H and O–H groups in total. The van der Waals surface area contributed by atoms with Crippen LogP contribution in [0.2, 0.25) is 0 Å². The zero-order valence-corrected chi connectivity index (χ0v) is 7.50. The van der Waals surface area contributed by atoms with Gasteiger partial charge in [0.25, 0.3) is 0 Å². The van der Waals surface area contributed by atoms with Crippen LogP contribution in [-0.2, 0) is 18.0 Å². The molecule has 0 amide bonds. The minimum atomic E-state index is -5.01. The van der Waals surface area contributed by atoms with Gasteiger partial charge in [-0.25, -0.2) is 9.13 Å². The van der Waals surface area contributed by atoms with Crippen LogP contribution < -0.4 is 0 Å². The molecule has 0 fully saturated rings. The molecular formula is CH7ClNa2O7P2. The second kappa shape index (κ2) is 8.67. The summed E-state index contributed by atoms with van der Waals surface area (Å²) in [6.45, 7) is 0. The van der Waals surface area contributed by atoms with Crippen molar-refractivity contribution in [1.82, 2.24) is 0 Å². The average molecular weight is 274 g/mol. The first-order valence-electron chi connectivity index (χ1n) is 2.07. The van der Waals surface area contributed by atoms with Gasteiger partial charge in [0.05, 0.1) is 0 Å². The molecule has 0 aliphatic heterocycles. The zero-order valence-electron chi connectivity index (χ0n) is 4.95. The first-order chi connectivity index (χ1) is 4.77. The Morgan fingerprint density at radius 2 is 1.54 bits per heavy atom. The molecule has 0 saturated carbocycles. The topological polar surface area (TPSA) is 113 Å². The quantitative estimate of drug-likeness (QED) is 0.346. The van der Waals surface area contributed by atoms with E-state index >= 15 is 0 Å². The molecule has 0 bridgehead atoms. The van der Waals surface area contributed by atoms with Crippen molar-refractivity contribution in [2.24, 2.45) is 0 Å². The van der Waals surface area contributed by atoms with E-state index < -0.39 is 21.7 Å². The Bertz CT molecular complexity index is 215. The van der Waals surface area contributed by atoms with E-state index in [0.29, 0.717) is 0 Å². The van der Waals surface area contributed by atoms with Crippen molar-refractivity contribution in [1.29, 1.82) is 0 Å². The van der Waals surface area contributed by atoms with Gasteiger partial charge in [-0.05, 0) is 0 Å². The molecule has 0 aliphatic carbocycles. The van der Waals surface area contributed by atoms with Crippen molar-refractivity contribution >= 4 is 86.4 Å². The van der Waals surface area contributed by atoms with Gasteiger partial charge in [0, 0.05) is 0 Å². The molecule has 1 atom stereocenters. The summed E-state index contributed by atoms with van der Waals surface area (Å²) in [5.41, 5.74) is 0. The normalized spacial score (nSPS) is 15.1. The molecular weight excluding hydrogens is 267 g/mol. The summed E-state index contributed by atoms with van der Waals surface area (Å²) in [4.78, 5) is 24.4. The van der Waals surface area contributed by atoms with Crippen LogP contribution in [0.4, 0.5) is 0 Å². The Balaban J connectivity index is -0.000000500. The SMILES string of the molecule is O=P(O)(O)OP(=O)(O)OCCl.[NaH].[NaH]. The maximum atomic E-state index is 10.4. The van der Waals surface area contributed by atoms with Crippen LogP contribution in [-0.4, -0.2) is 79.9 Å². The molecule has 13 heavy (non-hydrogen) atoms. The van der Waals surface area contributed by atoms with Gasteiger partial charge in [0.15, 0.2) is 0 Å². The van der Waals surface area contributed by atoms with Gasteiger partial charge in [-0.3, -0.25) is 4.52 Å². The molecule has 7 nitrogen and oxygen atoms in total. The predicted octanol–water partition coefficient (Wildman–Crippen LogP) is -0.888. The second-order valence-corrected chi connectivity index (χ2v) is 4.33. The summed E-state index contributed by atoms with van der Waals surface area (Å²) < 4.78 is 27.4. The number of phosphoric acid groups is 2. The van der Waals surface area contributed by atoms with Gasteiger partial charge in [-0.15, -0.1) is 0 Å². The Labute approximate surface area is 124 Å². The molecule has 0 spiro atoms. The first kappa shape index (κ1) is 20.9. The van der Waals surface area contributed by atoms with E-state index in [1.54, 1.807) is 0 Å². The van der Waals surface area contributed by atoms with Gasteiger partial charge >= 0.3 is 74.8 Å². The monoisotopic (exact) mass is 274 g/mol. The molecule has 0 radical (unpaired) electrons. The third kappa shape index (κ3) is 14.6. The number of hydrogen-bond acceptors (Lipinski definition) is 4. The van der Waals surface area contributed by atoms with Crippen LogP contribution in [0.15, 0.2) is 0 Å². The summed E-state index contributed by atoms with van der Waals surface area (Å²) in [5, 5.41) is 0. The molecule has 0 heterocycles. The maximum absolute atomic E-state index is 10.4. The second-order valence-electron chi connectivity index (χ2n) is 1.28. The molecule has 0 saturated heterocycles. The summed E-state index contributed by atoms with van der Waals surface area (Å²) in [6, 6.07) is -0.701. The van der Waals surface area contributed by atoms with Crippen LogP contribution in [0.1, 0.15) is 0 Å². The fourth-order valence-electron chi connectivity index (χ4n) is 0.220.